The van der Waals surface area contributed by atoms with Crippen molar-refractivity contribution >= 4 is 40.1 Å². The van der Waals surface area contributed by atoms with Crippen LogP contribution in [0.1, 0.15) is 5.56 Å². The van der Waals surface area contributed by atoms with E-state index in [-0.39, 0.29) is 28.4 Å². The predicted molar refractivity (Wildman–Crippen MR) is 119 cm³/mol. The van der Waals surface area contributed by atoms with E-state index in [9.17, 15) is 18.4 Å². The van der Waals surface area contributed by atoms with Gasteiger partial charge in [0.25, 0.3) is 0 Å². The molecule has 2 heterocycles. The largest absolute Gasteiger partial charge is 0.495 e. The fourth-order valence-corrected chi connectivity index (χ4v) is 4.31. The quantitative estimate of drug-likeness (QED) is 0.633. The topological polar surface area (TPSA) is 95.1 Å². The minimum atomic E-state index is -1.08. The van der Waals surface area contributed by atoms with Crippen LogP contribution in [-0.2, 0) is 9.59 Å². The zero-order chi connectivity index (χ0) is 22.8. The number of thioether (sulfide) groups is 1. The molecule has 32 heavy (non-hydrogen) atoms. The smallest absolute Gasteiger partial charge is 0.241 e. The number of anilines is 2. The average Bonchev–Trinajstić information content (AvgIpc) is 3.24. The molecule has 2 aliphatic rings. The lowest BCUT2D eigenvalue weighted by atomic mass is 10.0. The van der Waals surface area contributed by atoms with Crippen molar-refractivity contribution in [2.24, 2.45) is 10.9 Å². The van der Waals surface area contributed by atoms with Crippen molar-refractivity contribution in [3.8, 4) is 5.75 Å². The average molecular weight is 461 g/mol. The normalized spacial score (nSPS) is 20.1. The second-order valence-corrected chi connectivity index (χ2v) is 8.24. The molecule has 1 fully saturated rings. The fourth-order valence-electron chi connectivity index (χ4n) is 3.47. The lowest BCUT2D eigenvalue weighted by Gasteiger charge is -2.32. The number of aliphatic imine (C=N–C) groups is 1. The highest BCUT2D eigenvalue weighted by Gasteiger charge is 2.42. The second-order valence-electron chi connectivity index (χ2n) is 7.30. The van der Waals surface area contributed by atoms with E-state index < -0.39 is 23.7 Å². The summed E-state index contributed by atoms with van der Waals surface area (Å²) in [4.78, 5) is 31.4. The monoisotopic (exact) mass is 461 g/mol. The van der Waals surface area contributed by atoms with Crippen molar-refractivity contribution in [1.82, 2.24) is 10.9 Å². The van der Waals surface area contributed by atoms with Gasteiger partial charge in [0, 0.05) is 12.6 Å². The standard InChI is InChI=1S/C21H21F2N5O3S/c1-11-3-6-17(31-2)16(7-11)25-18(29)10-32-21-26-19-13(9-24-27-19)20(30)28(21)12-4-5-14(22)15(23)8-12/h3-8,13,19,24,27H,9-10H2,1-2H3,(H,25,29). The molecule has 4 rings (SSSR count). The van der Waals surface area contributed by atoms with Gasteiger partial charge in [0.15, 0.2) is 16.8 Å². The van der Waals surface area contributed by atoms with Crippen LogP contribution in [0.15, 0.2) is 41.4 Å². The van der Waals surface area contributed by atoms with Crippen molar-refractivity contribution in [2.75, 3.05) is 29.6 Å². The van der Waals surface area contributed by atoms with Gasteiger partial charge < -0.3 is 10.1 Å². The lowest BCUT2D eigenvalue weighted by Crippen LogP contribution is -2.49. The number of nitrogens with zero attached hydrogens (tertiary/aromatic N) is 2. The predicted octanol–water partition coefficient (Wildman–Crippen LogP) is 2.41. The first-order chi connectivity index (χ1) is 15.4. The third-order valence-corrected chi connectivity index (χ3v) is 6.01. The first-order valence-electron chi connectivity index (χ1n) is 9.80. The maximum Gasteiger partial charge on any atom is 0.241 e. The van der Waals surface area contributed by atoms with Gasteiger partial charge in [-0.1, -0.05) is 17.8 Å². The maximum atomic E-state index is 13.9. The minimum absolute atomic E-state index is 0.0613. The molecule has 0 aliphatic carbocycles. The van der Waals surface area contributed by atoms with Crippen LogP contribution in [0, 0.1) is 24.5 Å². The summed E-state index contributed by atoms with van der Waals surface area (Å²) in [7, 11) is 1.51. The van der Waals surface area contributed by atoms with Gasteiger partial charge in [0.2, 0.25) is 11.8 Å². The fraction of sp³-hybridized carbons (Fsp3) is 0.286. The maximum absolute atomic E-state index is 13.9. The molecule has 168 valence electrons. The van der Waals surface area contributed by atoms with Gasteiger partial charge >= 0.3 is 0 Å². The number of hydrogen-bond donors (Lipinski definition) is 3. The van der Waals surface area contributed by atoms with Gasteiger partial charge in [-0.05, 0) is 36.8 Å². The molecule has 0 bridgehead atoms. The number of methoxy groups -OCH3 is 1. The van der Waals surface area contributed by atoms with Crippen LogP contribution in [0.3, 0.4) is 0 Å². The molecule has 2 aromatic carbocycles. The van der Waals surface area contributed by atoms with Crippen molar-refractivity contribution in [3.63, 3.8) is 0 Å². The molecule has 0 spiro atoms. The SMILES string of the molecule is COc1ccc(C)cc1NC(=O)CSC1=NC2NNCC2C(=O)N1c1ccc(F)c(F)c1. The summed E-state index contributed by atoms with van der Waals surface area (Å²) in [6, 6.07) is 8.61. The molecule has 0 aromatic heterocycles. The van der Waals surface area contributed by atoms with Crippen molar-refractivity contribution in [1.29, 1.82) is 0 Å². The Labute approximate surface area is 187 Å². The summed E-state index contributed by atoms with van der Waals surface area (Å²) in [5.74, 6) is -2.79. The van der Waals surface area contributed by atoms with Gasteiger partial charge in [-0.15, -0.1) is 0 Å². The second kappa shape index (κ2) is 9.23. The van der Waals surface area contributed by atoms with Crippen molar-refractivity contribution in [2.45, 2.75) is 13.1 Å². The van der Waals surface area contributed by atoms with Crippen molar-refractivity contribution < 1.29 is 23.1 Å². The third-order valence-electron chi connectivity index (χ3n) is 5.05. The highest BCUT2D eigenvalue weighted by Crippen LogP contribution is 2.31. The van der Waals surface area contributed by atoms with Crippen LogP contribution < -0.4 is 25.8 Å². The van der Waals surface area contributed by atoms with E-state index in [2.05, 4.69) is 21.2 Å². The summed E-state index contributed by atoms with van der Waals surface area (Å²) < 4.78 is 32.6. The van der Waals surface area contributed by atoms with Gasteiger partial charge in [0.05, 0.1) is 30.2 Å². The van der Waals surface area contributed by atoms with Crippen molar-refractivity contribution in [3.05, 3.63) is 53.6 Å². The first kappa shape index (κ1) is 22.2. The molecular formula is C21H21F2N5O3S. The number of amidine groups is 1. The van der Waals surface area contributed by atoms with E-state index in [0.29, 0.717) is 18.0 Å². The summed E-state index contributed by atoms with van der Waals surface area (Å²) >= 11 is 1.03. The summed E-state index contributed by atoms with van der Waals surface area (Å²) in [6.45, 7) is 2.24. The molecule has 2 aliphatic heterocycles. The molecule has 0 radical (unpaired) electrons. The zero-order valence-corrected chi connectivity index (χ0v) is 18.1. The molecule has 2 amide bonds. The van der Waals surface area contributed by atoms with Crippen LogP contribution in [0.2, 0.25) is 0 Å². The van der Waals surface area contributed by atoms with E-state index in [0.717, 1.165) is 29.5 Å². The summed E-state index contributed by atoms with van der Waals surface area (Å²) in [5, 5.41) is 3.00. The van der Waals surface area contributed by atoms with E-state index in [1.54, 1.807) is 12.1 Å². The van der Waals surface area contributed by atoms with Crippen LogP contribution >= 0.6 is 11.8 Å². The molecule has 2 unspecified atom stereocenters. The first-order valence-corrected chi connectivity index (χ1v) is 10.8. The van der Waals surface area contributed by atoms with Gasteiger partial charge in [-0.2, -0.15) is 0 Å². The Balaban J connectivity index is 1.54. The Kier molecular flexibility index (Phi) is 6.40. The van der Waals surface area contributed by atoms with Gasteiger partial charge in [-0.3, -0.25) is 19.9 Å². The number of aryl methyl sites for hydroxylation is 1. The number of amides is 2. The molecule has 2 atom stereocenters. The number of fused-ring (bicyclic) bond motifs is 1. The van der Waals surface area contributed by atoms with E-state index in [1.165, 1.54) is 18.1 Å². The molecule has 0 saturated carbocycles. The number of rotatable bonds is 5. The van der Waals surface area contributed by atoms with Crippen LogP contribution in [-0.4, -0.2) is 42.6 Å². The number of ether oxygens (including phenoxy) is 1. The minimum Gasteiger partial charge on any atom is -0.495 e. The van der Waals surface area contributed by atoms with E-state index in [1.807, 2.05) is 13.0 Å². The van der Waals surface area contributed by atoms with Gasteiger partial charge in [0.1, 0.15) is 11.9 Å². The molecular weight excluding hydrogens is 440 g/mol. The number of hydrogen-bond acceptors (Lipinski definition) is 7. The van der Waals surface area contributed by atoms with E-state index >= 15 is 0 Å². The Morgan fingerprint density at radius 3 is 2.84 bits per heavy atom. The Morgan fingerprint density at radius 2 is 2.09 bits per heavy atom. The van der Waals surface area contributed by atoms with Crippen LogP contribution in [0.5, 0.6) is 5.75 Å². The Morgan fingerprint density at radius 1 is 1.28 bits per heavy atom. The summed E-state index contributed by atoms with van der Waals surface area (Å²) in [6.07, 6.45) is -0.508. The lowest BCUT2D eigenvalue weighted by molar-refractivity contribution is -0.121. The highest BCUT2D eigenvalue weighted by molar-refractivity contribution is 8.14. The molecule has 8 nitrogen and oxygen atoms in total. The van der Waals surface area contributed by atoms with Crippen LogP contribution in [0.25, 0.3) is 0 Å². The Bertz CT molecular complexity index is 1100. The third kappa shape index (κ3) is 4.45. The Hall–Kier alpha value is -3.02. The van der Waals surface area contributed by atoms with Crippen LogP contribution in [0.4, 0.5) is 20.2 Å². The number of carbonyl (C=O) groups is 2. The number of benzene rings is 2. The highest BCUT2D eigenvalue weighted by atomic mass is 32.2. The zero-order valence-electron chi connectivity index (χ0n) is 17.3. The molecule has 2 aromatic rings. The van der Waals surface area contributed by atoms with E-state index in [4.69, 9.17) is 4.74 Å². The summed E-state index contributed by atoms with van der Waals surface area (Å²) in [5.41, 5.74) is 7.41. The molecule has 1 saturated heterocycles. The van der Waals surface area contributed by atoms with Gasteiger partial charge in [-0.25, -0.2) is 19.2 Å². The number of carbonyl (C=O) groups excluding carboxylic acids is 2. The number of nitrogens with one attached hydrogen (secondary N) is 3. The molecule has 3 N–H and O–H groups in total. The molecule has 11 heteroatoms. The number of hydrazine groups is 1. The number of halogens is 2.